The van der Waals surface area contributed by atoms with Crippen molar-refractivity contribution in [3.8, 4) is 0 Å². The second kappa shape index (κ2) is 4.90. The van der Waals surface area contributed by atoms with Gasteiger partial charge in [0.05, 0.1) is 11.7 Å². The Labute approximate surface area is 108 Å². The highest BCUT2D eigenvalue weighted by Gasteiger charge is 2.27. The van der Waals surface area contributed by atoms with Crippen LogP contribution in [0.2, 0.25) is 0 Å². The number of hydrogen-bond donors (Lipinski definition) is 2. The molecule has 0 fully saturated rings. The van der Waals surface area contributed by atoms with E-state index in [0.29, 0.717) is 12.5 Å². The fraction of sp³-hybridized carbons (Fsp3) is 0.429. The minimum absolute atomic E-state index is 0.182. The average Bonchev–Trinajstić information content (AvgIpc) is 2.39. The van der Waals surface area contributed by atoms with E-state index >= 15 is 0 Å². The van der Waals surface area contributed by atoms with Crippen LogP contribution in [-0.4, -0.2) is 22.3 Å². The molecule has 1 atom stereocenters. The molecule has 96 valence electrons. The van der Waals surface area contributed by atoms with E-state index in [2.05, 4.69) is 36.3 Å². The Morgan fingerprint density at radius 3 is 2.72 bits per heavy atom. The van der Waals surface area contributed by atoms with E-state index in [1.165, 1.54) is 0 Å². The van der Waals surface area contributed by atoms with Gasteiger partial charge in [0.2, 0.25) is 0 Å². The summed E-state index contributed by atoms with van der Waals surface area (Å²) < 4.78 is 0. The van der Waals surface area contributed by atoms with E-state index in [0.717, 1.165) is 16.6 Å². The maximum absolute atomic E-state index is 5.89. The first-order valence-corrected chi connectivity index (χ1v) is 6.25. The van der Waals surface area contributed by atoms with Crippen molar-refractivity contribution < 1.29 is 0 Å². The first-order chi connectivity index (χ1) is 8.57. The monoisotopic (exact) mass is 244 g/mol. The summed E-state index contributed by atoms with van der Waals surface area (Å²) in [5.74, 6) is 1.21. The lowest BCUT2D eigenvalue weighted by Crippen LogP contribution is -2.47. The number of fused-ring (bicyclic) bond motifs is 1. The summed E-state index contributed by atoms with van der Waals surface area (Å²) in [5.41, 5.74) is 5.71. The minimum atomic E-state index is -0.182. The van der Waals surface area contributed by atoms with E-state index in [-0.39, 0.29) is 5.54 Å². The molecule has 1 aromatic carbocycles. The Morgan fingerprint density at radius 2 is 2.06 bits per heavy atom. The molecular weight excluding hydrogens is 224 g/mol. The molecule has 0 bridgehead atoms. The maximum atomic E-state index is 5.89. The third-order valence-corrected chi connectivity index (χ3v) is 3.67. The van der Waals surface area contributed by atoms with Crippen LogP contribution in [0, 0.1) is 5.92 Å². The molecule has 0 aliphatic carbocycles. The molecular formula is C14H20N4. The maximum Gasteiger partial charge on any atom is 0.157 e. The van der Waals surface area contributed by atoms with Gasteiger partial charge in [-0.15, -0.1) is 5.10 Å². The molecule has 4 heteroatoms. The normalized spacial score (nSPS) is 14.7. The summed E-state index contributed by atoms with van der Waals surface area (Å²) in [6, 6.07) is 8.08. The largest absolute Gasteiger partial charge is 0.361 e. The summed E-state index contributed by atoms with van der Waals surface area (Å²) in [6.07, 6.45) is 1.77. The fourth-order valence-electron chi connectivity index (χ4n) is 1.82. The van der Waals surface area contributed by atoms with Gasteiger partial charge < -0.3 is 11.1 Å². The highest BCUT2D eigenvalue weighted by atomic mass is 15.2. The number of anilines is 1. The zero-order valence-electron chi connectivity index (χ0n) is 11.1. The summed E-state index contributed by atoms with van der Waals surface area (Å²) >= 11 is 0. The number of hydrogen-bond acceptors (Lipinski definition) is 4. The SMILES string of the molecule is CC(C)C(C)(CN)Nc1nncc2ccccc12. The number of benzene rings is 1. The highest BCUT2D eigenvalue weighted by molar-refractivity contribution is 5.91. The van der Waals surface area contributed by atoms with Crippen molar-refractivity contribution in [2.75, 3.05) is 11.9 Å². The Morgan fingerprint density at radius 1 is 1.33 bits per heavy atom. The van der Waals surface area contributed by atoms with Crippen molar-refractivity contribution in [1.82, 2.24) is 10.2 Å². The Bertz CT molecular complexity index is 533. The lowest BCUT2D eigenvalue weighted by atomic mass is 9.88. The average molecular weight is 244 g/mol. The molecule has 0 radical (unpaired) electrons. The molecule has 1 heterocycles. The lowest BCUT2D eigenvalue weighted by Gasteiger charge is -2.34. The van der Waals surface area contributed by atoms with Gasteiger partial charge in [0.1, 0.15) is 0 Å². The van der Waals surface area contributed by atoms with Gasteiger partial charge >= 0.3 is 0 Å². The molecule has 1 aromatic heterocycles. The van der Waals surface area contributed by atoms with Gasteiger partial charge in [-0.1, -0.05) is 38.1 Å². The molecule has 0 spiro atoms. The van der Waals surface area contributed by atoms with E-state index in [1.54, 1.807) is 6.20 Å². The molecule has 0 aliphatic heterocycles. The Kier molecular flexibility index (Phi) is 3.48. The predicted octanol–water partition coefficient (Wildman–Crippen LogP) is 2.42. The van der Waals surface area contributed by atoms with Crippen molar-refractivity contribution in [2.45, 2.75) is 26.3 Å². The topological polar surface area (TPSA) is 63.8 Å². The van der Waals surface area contributed by atoms with Gasteiger partial charge in [0.25, 0.3) is 0 Å². The summed E-state index contributed by atoms with van der Waals surface area (Å²) in [4.78, 5) is 0. The zero-order chi connectivity index (χ0) is 13.2. The summed E-state index contributed by atoms with van der Waals surface area (Å²) in [7, 11) is 0. The number of rotatable bonds is 4. The second-order valence-electron chi connectivity index (χ2n) is 5.18. The van der Waals surface area contributed by atoms with Crippen molar-refractivity contribution in [3.05, 3.63) is 30.5 Å². The predicted molar refractivity (Wildman–Crippen MR) is 75.5 cm³/mol. The third kappa shape index (κ3) is 2.29. The minimum Gasteiger partial charge on any atom is -0.361 e. The molecule has 0 aliphatic rings. The van der Waals surface area contributed by atoms with E-state index in [4.69, 9.17) is 5.73 Å². The van der Waals surface area contributed by atoms with Crippen LogP contribution in [0.15, 0.2) is 30.5 Å². The van der Waals surface area contributed by atoms with Gasteiger partial charge in [-0.3, -0.25) is 0 Å². The fourth-order valence-corrected chi connectivity index (χ4v) is 1.82. The molecule has 2 rings (SSSR count). The van der Waals surface area contributed by atoms with E-state index in [9.17, 15) is 0 Å². The smallest absolute Gasteiger partial charge is 0.157 e. The highest BCUT2D eigenvalue weighted by Crippen LogP contribution is 2.25. The molecule has 0 saturated carbocycles. The van der Waals surface area contributed by atoms with Crippen molar-refractivity contribution in [1.29, 1.82) is 0 Å². The number of nitrogens with one attached hydrogen (secondary N) is 1. The van der Waals surface area contributed by atoms with Crippen LogP contribution in [0.4, 0.5) is 5.82 Å². The van der Waals surface area contributed by atoms with Crippen LogP contribution < -0.4 is 11.1 Å². The number of nitrogens with two attached hydrogens (primary N) is 1. The van der Waals surface area contributed by atoms with Gasteiger partial charge in [-0.25, -0.2) is 0 Å². The number of aromatic nitrogens is 2. The molecule has 4 nitrogen and oxygen atoms in total. The van der Waals surface area contributed by atoms with Crippen LogP contribution in [0.1, 0.15) is 20.8 Å². The van der Waals surface area contributed by atoms with Gasteiger partial charge in [-0.05, 0) is 12.8 Å². The van der Waals surface area contributed by atoms with Gasteiger partial charge in [-0.2, -0.15) is 5.10 Å². The van der Waals surface area contributed by atoms with Crippen LogP contribution in [0.25, 0.3) is 10.8 Å². The zero-order valence-corrected chi connectivity index (χ0v) is 11.1. The first-order valence-electron chi connectivity index (χ1n) is 6.25. The van der Waals surface area contributed by atoms with Crippen molar-refractivity contribution in [3.63, 3.8) is 0 Å². The Balaban J connectivity index is 2.43. The quantitative estimate of drug-likeness (QED) is 0.867. The molecule has 0 saturated heterocycles. The van der Waals surface area contributed by atoms with Gasteiger partial charge in [0.15, 0.2) is 5.82 Å². The van der Waals surface area contributed by atoms with E-state index in [1.807, 2.05) is 24.3 Å². The standard InChI is InChI=1S/C14H20N4/c1-10(2)14(3,9-15)17-13-12-7-5-4-6-11(12)8-16-18-13/h4-8,10H,9,15H2,1-3H3,(H,17,18). The molecule has 2 aromatic rings. The van der Waals surface area contributed by atoms with Gasteiger partial charge in [0, 0.05) is 17.3 Å². The first kappa shape index (κ1) is 12.8. The molecule has 18 heavy (non-hydrogen) atoms. The van der Waals surface area contributed by atoms with E-state index < -0.39 is 0 Å². The summed E-state index contributed by atoms with van der Waals surface area (Å²) in [5, 5.41) is 13.9. The van der Waals surface area contributed by atoms with Crippen LogP contribution in [0.3, 0.4) is 0 Å². The summed E-state index contributed by atoms with van der Waals surface area (Å²) in [6.45, 7) is 6.97. The molecule has 3 N–H and O–H groups in total. The lowest BCUT2D eigenvalue weighted by molar-refractivity contribution is 0.381. The van der Waals surface area contributed by atoms with Crippen LogP contribution in [-0.2, 0) is 0 Å². The van der Waals surface area contributed by atoms with Crippen molar-refractivity contribution in [2.24, 2.45) is 11.7 Å². The third-order valence-electron chi connectivity index (χ3n) is 3.67. The second-order valence-corrected chi connectivity index (χ2v) is 5.18. The molecule has 1 unspecified atom stereocenters. The van der Waals surface area contributed by atoms with Crippen LogP contribution in [0.5, 0.6) is 0 Å². The number of nitrogens with zero attached hydrogens (tertiary/aromatic N) is 2. The van der Waals surface area contributed by atoms with Crippen LogP contribution >= 0.6 is 0 Å². The Hall–Kier alpha value is -1.68. The molecule has 0 amide bonds. The van der Waals surface area contributed by atoms with Crippen molar-refractivity contribution >= 4 is 16.6 Å².